The summed E-state index contributed by atoms with van der Waals surface area (Å²) in [4.78, 5) is 31.2. The summed E-state index contributed by atoms with van der Waals surface area (Å²) in [6, 6.07) is 17.6. The highest BCUT2D eigenvalue weighted by Gasteiger charge is 2.53. The number of piperidine rings is 1. The zero-order chi connectivity index (χ0) is 24.8. The minimum Gasteiger partial charge on any atom is -0.457 e. The van der Waals surface area contributed by atoms with Crippen LogP contribution in [0.2, 0.25) is 0 Å². The molecule has 2 unspecified atom stereocenters. The first-order chi connectivity index (χ1) is 17.0. The molecule has 2 fully saturated rings. The van der Waals surface area contributed by atoms with Crippen molar-refractivity contribution in [3.63, 3.8) is 0 Å². The molecule has 2 aromatic carbocycles. The third kappa shape index (κ3) is 5.53. The van der Waals surface area contributed by atoms with Crippen LogP contribution >= 0.6 is 0 Å². The number of hydrogen-bond acceptors (Lipinski definition) is 4. The zero-order valence-electron chi connectivity index (χ0n) is 21.3. The molecule has 2 amide bonds. The van der Waals surface area contributed by atoms with Crippen LogP contribution in [0.15, 0.2) is 54.6 Å². The van der Waals surface area contributed by atoms with Crippen molar-refractivity contribution in [1.29, 1.82) is 0 Å². The van der Waals surface area contributed by atoms with Crippen molar-refractivity contribution in [3.8, 4) is 11.5 Å². The van der Waals surface area contributed by atoms with Gasteiger partial charge in [-0.25, -0.2) is 0 Å². The highest BCUT2D eigenvalue weighted by atomic mass is 16.5. The standard InChI is InChI=1S/C29H39N3O3/c1-4-6-18-32-27(33)26(22(3)5-2)30-28(34)29(32)16-19-31(20-17-29)21-23-12-14-25(15-13-23)35-24-10-8-7-9-11-24/h7-15,22,26H,4-6,16-21H2,1-3H3,(H,30,34). The lowest BCUT2D eigenvalue weighted by atomic mass is 9.80. The Hall–Kier alpha value is -2.86. The van der Waals surface area contributed by atoms with E-state index in [2.05, 4.69) is 43.1 Å². The Morgan fingerprint density at radius 3 is 2.29 bits per heavy atom. The predicted molar refractivity (Wildman–Crippen MR) is 138 cm³/mol. The largest absolute Gasteiger partial charge is 0.457 e. The first-order valence-corrected chi connectivity index (χ1v) is 13.1. The third-order valence-electron chi connectivity index (χ3n) is 7.70. The number of para-hydroxylation sites is 1. The molecule has 2 aliphatic rings. The molecule has 2 aliphatic heterocycles. The topological polar surface area (TPSA) is 61.9 Å². The maximum absolute atomic E-state index is 13.5. The first kappa shape index (κ1) is 25.2. The number of unbranched alkanes of at least 4 members (excludes halogenated alkanes) is 1. The highest BCUT2D eigenvalue weighted by Crippen LogP contribution is 2.35. The van der Waals surface area contributed by atoms with E-state index >= 15 is 0 Å². The smallest absolute Gasteiger partial charge is 0.246 e. The van der Waals surface area contributed by atoms with E-state index in [4.69, 9.17) is 4.74 Å². The van der Waals surface area contributed by atoms with Crippen LogP contribution in [-0.2, 0) is 16.1 Å². The first-order valence-electron chi connectivity index (χ1n) is 13.1. The highest BCUT2D eigenvalue weighted by molar-refractivity contribution is 6.00. The number of nitrogens with one attached hydrogen (secondary N) is 1. The summed E-state index contributed by atoms with van der Waals surface area (Å²) < 4.78 is 5.90. The number of carbonyl (C=O) groups excluding carboxylic acids is 2. The molecule has 1 N–H and O–H groups in total. The number of benzene rings is 2. The van der Waals surface area contributed by atoms with Crippen LogP contribution in [0.3, 0.4) is 0 Å². The van der Waals surface area contributed by atoms with E-state index < -0.39 is 11.6 Å². The lowest BCUT2D eigenvalue weighted by Gasteiger charge is -2.52. The van der Waals surface area contributed by atoms with Crippen molar-refractivity contribution in [3.05, 3.63) is 60.2 Å². The molecule has 2 aromatic rings. The van der Waals surface area contributed by atoms with E-state index in [1.807, 2.05) is 47.4 Å². The number of rotatable bonds is 9. The normalized spacial score (nSPS) is 21.1. The Balaban J connectivity index is 1.39. The zero-order valence-corrected chi connectivity index (χ0v) is 21.3. The SMILES string of the molecule is CCCCN1C(=O)C(C(C)CC)NC(=O)C12CCN(Cc1ccc(Oc3ccccc3)cc1)CC2. The fourth-order valence-electron chi connectivity index (χ4n) is 5.22. The van der Waals surface area contributed by atoms with Gasteiger partial charge in [0.2, 0.25) is 11.8 Å². The summed E-state index contributed by atoms with van der Waals surface area (Å²) in [5, 5.41) is 3.11. The second-order valence-corrected chi connectivity index (χ2v) is 10.0. The molecule has 2 saturated heterocycles. The molecule has 35 heavy (non-hydrogen) atoms. The minimum atomic E-state index is -0.708. The van der Waals surface area contributed by atoms with Crippen LogP contribution in [0.4, 0.5) is 0 Å². The van der Waals surface area contributed by atoms with Gasteiger partial charge in [-0.2, -0.15) is 0 Å². The lowest BCUT2D eigenvalue weighted by Crippen LogP contribution is -2.73. The fraction of sp³-hybridized carbons (Fsp3) is 0.517. The van der Waals surface area contributed by atoms with Crippen molar-refractivity contribution in [2.75, 3.05) is 19.6 Å². The molecule has 6 nitrogen and oxygen atoms in total. The van der Waals surface area contributed by atoms with Gasteiger partial charge in [0.25, 0.3) is 0 Å². The summed E-state index contributed by atoms with van der Waals surface area (Å²) in [7, 11) is 0. The molecular weight excluding hydrogens is 438 g/mol. The van der Waals surface area contributed by atoms with E-state index in [9.17, 15) is 9.59 Å². The monoisotopic (exact) mass is 477 g/mol. The van der Waals surface area contributed by atoms with E-state index in [0.717, 1.165) is 50.4 Å². The van der Waals surface area contributed by atoms with Gasteiger partial charge in [0.15, 0.2) is 0 Å². The van der Waals surface area contributed by atoms with Crippen molar-refractivity contribution in [1.82, 2.24) is 15.1 Å². The second kappa shape index (κ2) is 11.3. The summed E-state index contributed by atoms with van der Waals surface area (Å²) in [6.07, 6.45) is 4.16. The molecular formula is C29H39N3O3. The molecule has 2 heterocycles. The number of carbonyl (C=O) groups is 2. The number of amides is 2. The van der Waals surface area contributed by atoms with Gasteiger partial charge in [-0.15, -0.1) is 0 Å². The fourth-order valence-corrected chi connectivity index (χ4v) is 5.22. The van der Waals surface area contributed by atoms with Gasteiger partial charge in [0, 0.05) is 26.2 Å². The van der Waals surface area contributed by atoms with Gasteiger partial charge in [-0.1, -0.05) is 63.9 Å². The van der Waals surface area contributed by atoms with Crippen LogP contribution in [-0.4, -0.2) is 52.8 Å². The summed E-state index contributed by atoms with van der Waals surface area (Å²) in [5.41, 5.74) is 0.505. The number of piperazine rings is 1. The van der Waals surface area contributed by atoms with Crippen LogP contribution in [0, 0.1) is 5.92 Å². The number of likely N-dealkylation sites (tertiary alicyclic amines) is 1. The van der Waals surface area contributed by atoms with Crippen molar-refractivity contribution in [2.24, 2.45) is 5.92 Å². The van der Waals surface area contributed by atoms with Gasteiger partial charge in [-0.3, -0.25) is 14.5 Å². The molecule has 1 spiro atoms. The van der Waals surface area contributed by atoms with Gasteiger partial charge < -0.3 is 15.0 Å². The number of hydrogen-bond donors (Lipinski definition) is 1. The molecule has 0 radical (unpaired) electrons. The van der Waals surface area contributed by atoms with Crippen LogP contribution in [0.1, 0.15) is 58.4 Å². The molecule has 4 rings (SSSR count). The average Bonchev–Trinajstić information content (AvgIpc) is 2.89. The van der Waals surface area contributed by atoms with Gasteiger partial charge in [-0.05, 0) is 55.0 Å². The minimum absolute atomic E-state index is 0.0422. The molecule has 0 aromatic heterocycles. The van der Waals surface area contributed by atoms with Crippen LogP contribution in [0.5, 0.6) is 11.5 Å². The summed E-state index contributed by atoms with van der Waals surface area (Å²) >= 11 is 0. The molecule has 6 heteroatoms. The maximum atomic E-state index is 13.5. The predicted octanol–water partition coefficient (Wildman–Crippen LogP) is 4.99. The van der Waals surface area contributed by atoms with Crippen LogP contribution in [0.25, 0.3) is 0 Å². The van der Waals surface area contributed by atoms with E-state index in [1.54, 1.807) is 0 Å². The Labute approximate surface area is 209 Å². The Morgan fingerprint density at radius 2 is 1.66 bits per heavy atom. The molecule has 2 atom stereocenters. The van der Waals surface area contributed by atoms with Gasteiger partial charge in [0.05, 0.1) is 0 Å². The number of nitrogens with zero attached hydrogens (tertiary/aromatic N) is 2. The summed E-state index contributed by atoms with van der Waals surface area (Å²) in [5.74, 6) is 1.93. The van der Waals surface area contributed by atoms with Crippen molar-refractivity contribution < 1.29 is 14.3 Å². The lowest BCUT2D eigenvalue weighted by molar-refractivity contribution is -0.162. The molecule has 0 bridgehead atoms. The number of ether oxygens (including phenoxy) is 1. The van der Waals surface area contributed by atoms with Gasteiger partial charge in [0.1, 0.15) is 23.1 Å². The maximum Gasteiger partial charge on any atom is 0.246 e. The third-order valence-corrected chi connectivity index (χ3v) is 7.70. The van der Waals surface area contributed by atoms with E-state index in [-0.39, 0.29) is 17.7 Å². The molecule has 0 saturated carbocycles. The van der Waals surface area contributed by atoms with E-state index in [1.165, 1.54) is 5.56 Å². The molecule has 0 aliphatic carbocycles. The van der Waals surface area contributed by atoms with Crippen molar-refractivity contribution >= 4 is 11.8 Å². The van der Waals surface area contributed by atoms with E-state index in [0.29, 0.717) is 19.4 Å². The summed E-state index contributed by atoms with van der Waals surface area (Å²) in [6.45, 7) is 9.33. The van der Waals surface area contributed by atoms with Crippen LogP contribution < -0.4 is 10.1 Å². The quantitative estimate of drug-likeness (QED) is 0.553. The Morgan fingerprint density at radius 1 is 1.00 bits per heavy atom. The Kier molecular flexibility index (Phi) is 8.11. The second-order valence-electron chi connectivity index (χ2n) is 10.0. The van der Waals surface area contributed by atoms with Crippen molar-refractivity contribution in [2.45, 2.75) is 71.0 Å². The average molecular weight is 478 g/mol. The van der Waals surface area contributed by atoms with Gasteiger partial charge >= 0.3 is 0 Å². The molecule has 188 valence electrons. The Bertz CT molecular complexity index is 984.